The highest BCUT2D eigenvalue weighted by atomic mass is 16.5. The lowest BCUT2D eigenvalue weighted by atomic mass is 9.92. The van der Waals surface area contributed by atoms with Gasteiger partial charge in [-0.25, -0.2) is 4.79 Å². The van der Waals surface area contributed by atoms with E-state index < -0.39 is 12.0 Å². The SMILES string of the molecule is COC(=O)[C@H](CCc1ccc(OCc2ccccc2)cc1)NC(=O)CC1CCN(C(=O)CCc2cccc(-c3ccncc3)c2)CC1. The van der Waals surface area contributed by atoms with E-state index in [1.165, 1.54) is 7.11 Å². The average molecular weight is 634 g/mol. The van der Waals surface area contributed by atoms with Gasteiger partial charge in [0, 0.05) is 38.3 Å². The van der Waals surface area contributed by atoms with Crippen LogP contribution in [0, 0.1) is 5.92 Å². The lowest BCUT2D eigenvalue weighted by Crippen LogP contribution is -2.44. The maximum atomic E-state index is 13.0. The van der Waals surface area contributed by atoms with Crippen LogP contribution in [0.15, 0.2) is 103 Å². The molecule has 5 rings (SSSR count). The number of methoxy groups -OCH3 is 1. The predicted molar refractivity (Wildman–Crippen MR) is 181 cm³/mol. The van der Waals surface area contributed by atoms with Crippen LogP contribution in [0.5, 0.6) is 5.75 Å². The molecule has 1 aromatic heterocycles. The van der Waals surface area contributed by atoms with E-state index in [1.807, 2.05) is 77.7 Å². The van der Waals surface area contributed by atoms with Crippen molar-refractivity contribution in [2.24, 2.45) is 5.92 Å². The molecule has 1 fully saturated rings. The van der Waals surface area contributed by atoms with E-state index in [2.05, 4.69) is 28.5 Å². The van der Waals surface area contributed by atoms with Crippen molar-refractivity contribution in [3.05, 3.63) is 120 Å². The first-order valence-electron chi connectivity index (χ1n) is 16.4. The molecule has 0 radical (unpaired) electrons. The molecular formula is C39H43N3O5. The number of carbonyl (C=O) groups is 3. The first-order valence-corrected chi connectivity index (χ1v) is 16.4. The predicted octanol–water partition coefficient (Wildman–Crippen LogP) is 6.18. The van der Waals surface area contributed by atoms with Crippen LogP contribution in [0.25, 0.3) is 11.1 Å². The molecule has 1 saturated heterocycles. The Kier molecular flexibility index (Phi) is 12.1. The largest absolute Gasteiger partial charge is 0.489 e. The molecule has 1 atom stereocenters. The molecule has 2 amide bonds. The standard InChI is InChI=1S/C39H43N3O5/c1-46-39(45)36(16-12-29-10-14-35(15-11-29)47-28-32-6-3-2-4-7-32)41-37(43)27-31-20-24-42(25-21-31)38(44)17-13-30-8-5-9-34(26-30)33-18-22-40-23-19-33/h2-11,14-15,18-19,22-23,26,31,36H,12-13,16-17,20-21,24-25,27-28H2,1H3,(H,41,43)/t36-/m0/s1. The van der Waals surface area contributed by atoms with Crippen molar-refractivity contribution in [2.75, 3.05) is 20.2 Å². The van der Waals surface area contributed by atoms with Crippen molar-refractivity contribution in [3.8, 4) is 16.9 Å². The van der Waals surface area contributed by atoms with Crippen LogP contribution in [-0.4, -0.2) is 53.9 Å². The first-order chi connectivity index (χ1) is 23.0. The number of pyridine rings is 1. The number of benzene rings is 3. The van der Waals surface area contributed by atoms with Gasteiger partial charge < -0.3 is 19.7 Å². The number of esters is 1. The van der Waals surface area contributed by atoms with Crippen LogP contribution < -0.4 is 10.1 Å². The Bertz CT molecular complexity index is 1590. The molecule has 0 spiro atoms. The molecule has 0 bridgehead atoms. The van der Waals surface area contributed by atoms with Crippen molar-refractivity contribution in [2.45, 2.75) is 57.6 Å². The van der Waals surface area contributed by atoms with Gasteiger partial charge in [-0.05, 0) is 90.1 Å². The lowest BCUT2D eigenvalue weighted by molar-refractivity contribution is -0.145. The summed E-state index contributed by atoms with van der Waals surface area (Å²) >= 11 is 0. The topological polar surface area (TPSA) is 97.8 Å². The van der Waals surface area contributed by atoms with Crippen molar-refractivity contribution >= 4 is 17.8 Å². The van der Waals surface area contributed by atoms with Gasteiger partial charge in [-0.3, -0.25) is 14.6 Å². The third-order valence-electron chi connectivity index (χ3n) is 8.72. The van der Waals surface area contributed by atoms with Gasteiger partial charge in [0.25, 0.3) is 0 Å². The number of hydrogen-bond acceptors (Lipinski definition) is 6. The minimum Gasteiger partial charge on any atom is -0.489 e. The summed E-state index contributed by atoms with van der Waals surface area (Å²) in [5.74, 6) is 0.466. The fraction of sp³-hybridized carbons (Fsp3) is 0.333. The molecule has 1 N–H and O–H groups in total. The van der Waals surface area contributed by atoms with E-state index in [1.54, 1.807) is 12.4 Å². The van der Waals surface area contributed by atoms with Gasteiger partial charge in [0.2, 0.25) is 11.8 Å². The summed E-state index contributed by atoms with van der Waals surface area (Å²) in [5, 5.41) is 2.90. The van der Waals surface area contributed by atoms with E-state index in [9.17, 15) is 14.4 Å². The van der Waals surface area contributed by atoms with E-state index in [-0.39, 0.29) is 17.7 Å². The third kappa shape index (κ3) is 10.3. The number of aromatic nitrogens is 1. The van der Waals surface area contributed by atoms with Gasteiger partial charge in [0.15, 0.2) is 0 Å². The molecule has 3 aromatic carbocycles. The Hall–Kier alpha value is -4.98. The molecule has 2 heterocycles. The van der Waals surface area contributed by atoms with Crippen LogP contribution in [-0.2, 0) is 38.6 Å². The molecule has 1 aliphatic heterocycles. The zero-order valence-corrected chi connectivity index (χ0v) is 27.0. The third-order valence-corrected chi connectivity index (χ3v) is 8.72. The van der Waals surface area contributed by atoms with Gasteiger partial charge in [0.05, 0.1) is 7.11 Å². The Labute approximate surface area is 277 Å². The van der Waals surface area contributed by atoms with Crippen molar-refractivity contribution < 1.29 is 23.9 Å². The molecule has 1 aliphatic rings. The zero-order chi connectivity index (χ0) is 32.8. The molecule has 8 heteroatoms. The zero-order valence-electron chi connectivity index (χ0n) is 27.0. The number of aryl methyl sites for hydroxylation is 2. The number of nitrogens with zero attached hydrogens (tertiary/aromatic N) is 2. The number of carbonyl (C=O) groups excluding carboxylic acids is 3. The minimum atomic E-state index is -0.722. The molecular weight excluding hydrogens is 590 g/mol. The number of rotatable bonds is 14. The second kappa shape index (κ2) is 17.1. The van der Waals surface area contributed by atoms with Crippen LogP contribution >= 0.6 is 0 Å². The van der Waals surface area contributed by atoms with Gasteiger partial charge in [-0.2, -0.15) is 0 Å². The Morgan fingerprint density at radius 1 is 0.830 bits per heavy atom. The molecule has 4 aromatic rings. The lowest BCUT2D eigenvalue weighted by Gasteiger charge is -2.32. The second-order valence-corrected chi connectivity index (χ2v) is 12.1. The second-order valence-electron chi connectivity index (χ2n) is 12.1. The first kappa shape index (κ1) is 33.4. The smallest absolute Gasteiger partial charge is 0.328 e. The normalized spacial score (nSPS) is 13.9. The molecule has 0 aliphatic carbocycles. The molecule has 47 heavy (non-hydrogen) atoms. The summed E-state index contributed by atoms with van der Waals surface area (Å²) in [6, 6.07) is 29.3. The van der Waals surface area contributed by atoms with E-state index >= 15 is 0 Å². The van der Waals surface area contributed by atoms with E-state index in [0.717, 1.165) is 46.4 Å². The number of piperidine rings is 1. The number of nitrogens with one attached hydrogen (secondary N) is 1. The number of likely N-dealkylation sites (tertiary alicyclic amines) is 1. The van der Waals surface area contributed by atoms with Crippen LogP contribution in [0.2, 0.25) is 0 Å². The summed E-state index contributed by atoms with van der Waals surface area (Å²) in [7, 11) is 1.34. The maximum absolute atomic E-state index is 13.0. The minimum absolute atomic E-state index is 0.142. The van der Waals surface area contributed by atoms with Crippen LogP contribution in [0.3, 0.4) is 0 Å². The molecule has 244 valence electrons. The van der Waals surface area contributed by atoms with Crippen molar-refractivity contribution in [3.63, 3.8) is 0 Å². The van der Waals surface area contributed by atoms with E-state index in [0.29, 0.717) is 51.8 Å². The van der Waals surface area contributed by atoms with Crippen LogP contribution in [0.1, 0.15) is 48.8 Å². The monoisotopic (exact) mass is 633 g/mol. The number of ether oxygens (including phenoxy) is 2. The van der Waals surface area contributed by atoms with Gasteiger partial charge in [0.1, 0.15) is 18.4 Å². The molecule has 8 nitrogen and oxygen atoms in total. The van der Waals surface area contributed by atoms with Crippen molar-refractivity contribution in [1.29, 1.82) is 0 Å². The average Bonchev–Trinajstić information content (AvgIpc) is 3.12. The van der Waals surface area contributed by atoms with Crippen molar-refractivity contribution in [1.82, 2.24) is 15.2 Å². The fourth-order valence-corrected chi connectivity index (χ4v) is 5.96. The fourth-order valence-electron chi connectivity index (χ4n) is 5.96. The van der Waals surface area contributed by atoms with E-state index in [4.69, 9.17) is 9.47 Å². The summed E-state index contributed by atoms with van der Waals surface area (Å²) in [5.41, 5.74) is 5.49. The summed E-state index contributed by atoms with van der Waals surface area (Å²) in [6.07, 6.45) is 7.58. The highest BCUT2D eigenvalue weighted by molar-refractivity contribution is 5.84. The Morgan fingerprint density at radius 3 is 2.28 bits per heavy atom. The van der Waals surface area contributed by atoms with Gasteiger partial charge in [-0.15, -0.1) is 0 Å². The maximum Gasteiger partial charge on any atom is 0.328 e. The highest BCUT2D eigenvalue weighted by Gasteiger charge is 2.27. The highest BCUT2D eigenvalue weighted by Crippen LogP contribution is 2.23. The van der Waals surface area contributed by atoms with Gasteiger partial charge in [-0.1, -0.05) is 66.7 Å². The van der Waals surface area contributed by atoms with Crippen LogP contribution in [0.4, 0.5) is 0 Å². The number of hydrogen-bond donors (Lipinski definition) is 1. The summed E-state index contributed by atoms with van der Waals surface area (Å²) < 4.78 is 10.9. The summed E-state index contributed by atoms with van der Waals surface area (Å²) in [6.45, 7) is 1.77. The number of amides is 2. The summed E-state index contributed by atoms with van der Waals surface area (Å²) in [4.78, 5) is 44.5. The van der Waals surface area contributed by atoms with Gasteiger partial charge >= 0.3 is 5.97 Å². The quantitative estimate of drug-likeness (QED) is 0.167. The molecule has 0 saturated carbocycles. The Balaban J connectivity index is 1.02. The molecule has 0 unspecified atom stereocenters. The Morgan fingerprint density at radius 2 is 1.55 bits per heavy atom.